The number of anilines is 1. The van der Waals surface area contributed by atoms with E-state index in [4.69, 9.17) is 46.4 Å². The quantitative estimate of drug-likeness (QED) is 0.152. The molecule has 0 saturated carbocycles. The van der Waals surface area contributed by atoms with E-state index in [9.17, 15) is 18.0 Å². The lowest BCUT2D eigenvalue weighted by Crippen LogP contribution is -2.54. The molecule has 4 rings (SSSR count). The van der Waals surface area contributed by atoms with Gasteiger partial charge >= 0.3 is 0 Å². The second-order valence-electron chi connectivity index (χ2n) is 10.7. The van der Waals surface area contributed by atoms with Gasteiger partial charge in [0.2, 0.25) is 11.8 Å². The molecule has 0 spiro atoms. The maximum Gasteiger partial charge on any atom is 0.264 e. The largest absolute Gasteiger partial charge is 0.352 e. The number of hydrogen-bond donors (Lipinski definition) is 1. The van der Waals surface area contributed by atoms with Crippen molar-refractivity contribution < 1.29 is 18.0 Å². The highest BCUT2D eigenvalue weighted by atomic mass is 35.5. The Morgan fingerprint density at radius 3 is 1.93 bits per heavy atom. The number of rotatable bonds is 13. The first kappa shape index (κ1) is 35.6. The number of amides is 2. The molecule has 4 aromatic rings. The fourth-order valence-electron chi connectivity index (χ4n) is 4.78. The van der Waals surface area contributed by atoms with E-state index in [0.29, 0.717) is 22.0 Å². The number of sulfonamides is 1. The van der Waals surface area contributed by atoms with E-state index >= 15 is 0 Å². The van der Waals surface area contributed by atoms with Gasteiger partial charge in [-0.1, -0.05) is 108 Å². The molecule has 242 valence electrons. The molecule has 0 aliphatic carbocycles. The molecule has 0 aliphatic heterocycles. The fraction of sp³-hybridized carbons (Fsp3) is 0.235. The van der Waals surface area contributed by atoms with Gasteiger partial charge in [-0.2, -0.15) is 0 Å². The van der Waals surface area contributed by atoms with E-state index in [2.05, 4.69) is 5.32 Å². The van der Waals surface area contributed by atoms with E-state index in [-0.39, 0.29) is 39.6 Å². The summed E-state index contributed by atoms with van der Waals surface area (Å²) in [5, 5.41) is 3.93. The Morgan fingerprint density at radius 1 is 0.804 bits per heavy atom. The van der Waals surface area contributed by atoms with E-state index in [1.165, 1.54) is 35.2 Å². The summed E-state index contributed by atoms with van der Waals surface area (Å²) in [5.41, 5.74) is 1.29. The van der Waals surface area contributed by atoms with Crippen LogP contribution in [0.1, 0.15) is 31.4 Å². The Bertz CT molecular complexity index is 1740. The first-order valence-electron chi connectivity index (χ1n) is 14.5. The van der Waals surface area contributed by atoms with Gasteiger partial charge in [-0.05, 0) is 61.4 Å². The standard InChI is InChI=1S/C34H33Cl4N3O4S/c1-3-23(2)39-34(43)32(17-24-11-6-4-7-12-24)40(21-29-30(37)15-10-16-31(29)38)33(42)22-41(27-19-25(35)18-26(36)20-27)46(44,45)28-13-8-5-9-14-28/h4-16,18-20,23,32H,3,17,21-22H2,1-2H3,(H,39,43)/t23-,32+/m0/s1. The zero-order chi connectivity index (χ0) is 33.4. The van der Waals surface area contributed by atoms with Crippen molar-refractivity contribution in [2.75, 3.05) is 10.8 Å². The minimum absolute atomic E-state index is 0.0463. The second kappa shape index (κ2) is 16.0. The van der Waals surface area contributed by atoms with Gasteiger partial charge in [-0.25, -0.2) is 8.42 Å². The summed E-state index contributed by atoms with van der Waals surface area (Å²) >= 11 is 25.7. The number of benzene rings is 4. The molecule has 0 saturated heterocycles. The predicted octanol–water partition coefficient (Wildman–Crippen LogP) is 8.05. The summed E-state index contributed by atoms with van der Waals surface area (Å²) in [4.78, 5) is 29.8. The van der Waals surface area contributed by atoms with E-state index in [1.807, 2.05) is 44.2 Å². The lowest BCUT2D eigenvalue weighted by Gasteiger charge is -2.34. The van der Waals surface area contributed by atoms with Gasteiger partial charge in [0.25, 0.3) is 10.0 Å². The minimum atomic E-state index is -4.32. The highest BCUT2D eigenvalue weighted by Crippen LogP contribution is 2.31. The first-order chi connectivity index (χ1) is 21.9. The van der Waals surface area contributed by atoms with Gasteiger partial charge in [0.05, 0.1) is 10.6 Å². The van der Waals surface area contributed by atoms with Gasteiger partial charge in [0, 0.05) is 44.7 Å². The SMILES string of the molecule is CC[C@H](C)NC(=O)[C@@H](Cc1ccccc1)N(Cc1c(Cl)cccc1Cl)C(=O)CN(c1cc(Cl)cc(Cl)c1)S(=O)(=O)c1ccccc1. The van der Waals surface area contributed by atoms with Crippen molar-refractivity contribution >= 4 is 73.9 Å². The van der Waals surface area contributed by atoms with Crippen molar-refractivity contribution in [3.63, 3.8) is 0 Å². The number of carbonyl (C=O) groups excluding carboxylic acids is 2. The topological polar surface area (TPSA) is 86.8 Å². The van der Waals surface area contributed by atoms with Crippen LogP contribution in [0.3, 0.4) is 0 Å². The molecule has 0 radical (unpaired) electrons. The molecule has 2 amide bonds. The molecule has 0 fully saturated rings. The molecular weight excluding hydrogens is 688 g/mol. The number of hydrogen-bond acceptors (Lipinski definition) is 4. The molecule has 0 bridgehead atoms. The lowest BCUT2D eigenvalue weighted by molar-refractivity contribution is -0.140. The third-order valence-electron chi connectivity index (χ3n) is 7.41. The zero-order valence-electron chi connectivity index (χ0n) is 25.2. The van der Waals surface area contributed by atoms with Gasteiger partial charge in [-0.3, -0.25) is 13.9 Å². The summed E-state index contributed by atoms with van der Waals surface area (Å²) in [6.07, 6.45) is 0.804. The van der Waals surface area contributed by atoms with Crippen LogP contribution in [0.5, 0.6) is 0 Å². The molecule has 1 N–H and O–H groups in total. The molecular formula is C34H33Cl4N3O4S. The van der Waals surface area contributed by atoms with E-state index in [0.717, 1.165) is 9.87 Å². The van der Waals surface area contributed by atoms with Crippen LogP contribution in [0.25, 0.3) is 0 Å². The fourth-order valence-corrected chi connectivity index (χ4v) is 7.23. The van der Waals surface area contributed by atoms with Gasteiger partial charge < -0.3 is 10.2 Å². The average molecular weight is 722 g/mol. The number of nitrogens with zero attached hydrogens (tertiary/aromatic N) is 2. The Balaban J connectivity index is 1.86. The lowest BCUT2D eigenvalue weighted by atomic mass is 10.0. The molecule has 12 heteroatoms. The van der Waals surface area contributed by atoms with Crippen molar-refractivity contribution in [1.82, 2.24) is 10.2 Å². The molecule has 4 aromatic carbocycles. The smallest absolute Gasteiger partial charge is 0.264 e. The van der Waals surface area contributed by atoms with E-state index < -0.39 is 34.4 Å². The van der Waals surface area contributed by atoms with Crippen LogP contribution in [0.4, 0.5) is 5.69 Å². The van der Waals surface area contributed by atoms with Crippen LogP contribution in [-0.4, -0.2) is 43.8 Å². The van der Waals surface area contributed by atoms with Crippen molar-refractivity contribution in [2.45, 2.75) is 50.2 Å². The van der Waals surface area contributed by atoms with Crippen LogP contribution < -0.4 is 9.62 Å². The summed E-state index contributed by atoms with van der Waals surface area (Å²) in [7, 11) is -4.32. The summed E-state index contributed by atoms with van der Waals surface area (Å²) in [5.74, 6) is -1.08. The molecule has 0 aromatic heterocycles. The molecule has 0 unspecified atom stereocenters. The van der Waals surface area contributed by atoms with Crippen LogP contribution in [0.15, 0.2) is 102 Å². The average Bonchev–Trinajstić information content (AvgIpc) is 3.02. The van der Waals surface area contributed by atoms with Crippen molar-refractivity contribution in [3.8, 4) is 0 Å². The Hall–Kier alpha value is -3.27. The van der Waals surface area contributed by atoms with Crippen LogP contribution >= 0.6 is 46.4 Å². The molecule has 0 aliphatic rings. The third kappa shape index (κ3) is 8.96. The highest BCUT2D eigenvalue weighted by molar-refractivity contribution is 7.92. The zero-order valence-corrected chi connectivity index (χ0v) is 29.0. The van der Waals surface area contributed by atoms with Gasteiger partial charge in [0.15, 0.2) is 0 Å². The van der Waals surface area contributed by atoms with Gasteiger partial charge in [-0.15, -0.1) is 0 Å². The number of halogens is 4. The van der Waals surface area contributed by atoms with Gasteiger partial charge in [0.1, 0.15) is 12.6 Å². The second-order valence-corrected chi connectivity index (χ2v) is 14.2. The molecule has 0 heterocycles. The van der Waals surface area contributed by atoms with Crippen LogP contribution in [-0.2, 0) is 32.6 Å². The van der Waals surface area contributed by atoms with Crippen molar-refractivity contribution in [1.29, 1.82) is 0 Å². The maximum atomic E-state index is 14.6. The van der Waals surface area contributed by atoms with Crippen molar-refractivity contribution in [3.05, 3.63) is 128 Å². The normalized spacial score (nSPS) is 12.7. The highest BCUT2D eigenvalue weighted by Gasteiger charge is 2.35. The van der Waals surface area contributed by atoms with Crippen molar-refractivity contribution in [2.24, 2.45) is 0 Å². The summed E-state index contributed by atoms with van der Waals surface area (Å²) in [6, 6.07) is 24.9. The third-order valence-corrected chi connectivity index (χ3v) is 10.3. The molecule has 7 nitrogen and oxygen atoms in total. The first-order valence-corrected chi connectivity index (χ1v) is 17.5. The van der Waals surface area contributed by atoms with Crippen LogP contribution in [0, 0.1) is 0 Å². The Morgan fingerprint density at radius 2 is 1.37 bits per heavy atom. The molecule has 46 heavy (non-hydrogen) atoms. The number of nitrogens with one attached hydrogen (secondary N) is 1. The Kier molecular flexibility index (Phi) is 12.4. The van der Waals surface area contributed by atoms with E-state index in [1.54, 1.807) is 36.4 Å². The predicted molar refractivity (Wildman–Crippen MR) is 186 cm³/mol. The maximum absolute atomic E-state index is 14.6. The summed E-state index contributed by atoms with van der Waals surface area (Å²) in [6.45, 7) is 2.95. The monoisotopic (exact) mass is 719 g/mol. The van der Waals surface area contributed by atoms with Crippen LogP contribution in [0.2, 0.25) is 20.1 Å². The summed E-state index contributed by atoms with van der Waals surface area (Å²) < 4.78 is 29.2. The minimum Gasteiger partial charge on any atom is -0.352 e. The molecule has 2 atom stereocenters. The Labute approximate surface area is 290 Å². The number of carbonyl (C=O) groups is 2.